The van der Waals surface area contributed by atoms with Gasteiger partial charge >= 0.3 is 0 Å². The van der Waals surface area contributed by atoms with Crippen LogP contribution in [0, 0.1) is 0 Å². The first kappa shape index (κ1) is 11.4. The number of anilines is 1. The third kappa shape index (κ3) is 2.00. The van der Waals surface area contributed by atoms with Crippen LogP contribution in [0.5, 0.6) is 0 Å². The number of fused-ring (bicyclic) bond motifs is 1. The van der Waals surface area contributed by atoms with Crippen molar-refractivity contribution in [3.05, 3.63) is 37.0 Å². The summed E-state index contributed by atoms with van der Waals surface area (Å²) < 4.78 is 5.31. The largest absolute Gasteiger partial charge is 0.443 e. The molecule has 3 aromatic rings. The molecule has 20 heavy (non-hydrogen) atoms. The van der Waals surface area contributed by atoms with Gasteiger partial charge in [-0.05, 0) is 17.7 Å². The normalized spacial score (nSPS) is 15.2. The van der Waals surface area contributed by atoms with Crippen molar-refractivity contribution in [2.75, 3.05) is 18.4 Å². The van der Waals surface area contributed by atoms with E-state index in [1.54, 1.807) is 0 Å². The lowest BCUT2D eigenvalue weighted by molar-refractivity contribution is 0.470. The van der Waals surface area contributed by atoms with Gasteiger partial charge in [-0.3, -0.25) is 0 Å². The van der Waals surface area contributed by atoms with Crippen molar-refractivity contribution < 1.29 is 4.42 Å². The molecule has 1 aromatic carbocycles. The molecular weight excluding hydrogens is 254 g/mol. The monoisotopic (exact) mass is 267 g/mol. The summed E-state index contributed by atoms with van der Waals surface area (Å²) in [5.41, 5.74) is 3.60. The highest BCUT2D eigenvalue weighted by molar-refractivity contribution is 5.79. The SMILES string of the molecule is c1nc2ccc(-c3cnc(NC4CNC4)nc3)cc2o1. The minimum atomic E-state index is 0.436. The summed E-state index contributed by atoms with van der Waals surface area (Å²) in [5, 5.41) is 6.47. The maximum absolute atomic E-state index is 5.31. The maximum atomic E-state index is 5.31. The molecule has 6 nitrogen and oxygen atoms in total. The Morgan fingerprint density at radius 3 is 2.70 bits per heavy atom. The molecular formula is C14H13N5O. The number of hydrogen-bond acceptors (Lipinski definition) is 6. The molecule has 0 unspecified atom stereocenters. The number of rotatable bonds is 3. The van der Waals surface area contributed by atoms with E-state index in [0.717, 1.165) is 35.3 Å². The van der Waals surface area contributed by atoms with Crippen LogP contribution in [0.3, 0.4) is 0 Å². The van der Waals surface area contributed by atoms with E-state index in [1.807, 2.05) is 30.6 Å². The molecule has 0 aliphatic carbocycles. The molecule has 4 rings (SSSR count). The van der Waals surface area contributed by atoms with Gasteiger partial charge in [-0.1, -0.05) is 6.07 Å². The molecule has 100 valence electrons. The molecule has 2 N–H and O–H groups in total. The third-order valence-electron chi connectivity index (χ3n) is 3.43. The van der Waals surface area contributed by atoms with Crippen molar-refractivity contribution in [2.45, 2.75) is 6.04 Å². The van der Waals surface area contributed by atoms with Crippen molar-refractivity contribution in [1.82, 2.24) is 20.3 Å². The average Bonchev–Trinajstić information content (AvgIpc) is 2.91. The zero-order chi connectivity index (χ0) is 13.4. The summed E-state index contributed by atoms with van der Waals surface area (Å²) in [6.07, 6.45) is 5.09. The quantitative estimate of drug-likeness (QED) is 0.751. The molecule has 2 aromatic heterocycles. The Kier molecular flexibility index (Phi) is 2.60. The van der Waals surface area contributed by atoms with Gasteiger partial charge < -0.3 is 15.1 Å². The summed E-state index contributed by atoms with van der Waals surface area (Å²) >= 11 is 0. The lowest BCUT2D eigenvalue weighted by atomic mass is 10.1. The van der Waals surface area contributed by atoms with E-state index in [0.29, 0.717) is 12.0 Å². The molecule has 0 saturated carbocycles. The zero-order valence-corrected chi connectivity index (χ0v) is 10.7. The van der Waals surface area contributed by atoms with Crippen LogP contribution in [0.4, 0.5) is 5.95 Å². The number of hydrogen-bond donors (Lipinski definition) is 2. The van der Waals surface area contributed by atoms with E-state index in [1.165, 1.54) is 6.39 Å². The van der Waals surface area contributed by atoms with Gasteiger partial charge in [0.2, 0.25) is 5.95 Å². The highest BCUT2D eigenvalue weighted by Gasteiger charge is 2.16. The van der Waals surface area contributed by atoms with Crippen LogP contribution in [0.25, 0.3) is 22.2 Å². The molecule has 0 bridgehead atoms. The topological polar surface area (TPSA) is 75.9 Å². The van der Waals surface area contributed by atoms with Gasteiger partial charge in [-0.25, -0.2) is 15.0 Å². The second-order valence-corrected chi connectivity index (χ2v) is 4.83. The van der Waals surface area contributed by atoms with E-state index in [9.17, 15) is 0 Å². The van der Waals surface area contributed by atoms with Gasteiger partial charge in [0.25, 0.3) is 0 Å². The molecule has 0 atom stereocenters. The average molecular weight is 267 g/mol. The predicted molar refractivity (Wildman–Crippen MR) is 75.3 cm³/mol. The Bertz CT molecular complexity index is 733. The summed E-state index contributed by atoms with van der Waals surface area (Å²) in [7, 11) is 0. The number of nitrogens with zero attached hydrogens (tertiary/aromatic N) is 3. The second kappa shape index (κ2) is 4.57. The fourth-order valence-electron chi connectivity index (χ4n) is 2.16. The molecule has 3 heterocycles. The highest BCUT2D eigenvalue weighted by atomic mass is 16.3. The standard InChI is InChI=1S/C14H13N5O/c1-2-12-13(20-8-18-12)3-9(1)10-4-16-14(17-5-10)19-11-6-15-7-11/h1-5,8,11,15H,6-7H2,(H,16,17,19). The summed E-state index contributed by atoms with van der Waals surface area (Å²) in [4.78, 5) is 12.8. The van der Waals surface area contributed by atoms with E-state index in [-0.39, 0.29) is 0 Å². The number of oxazole rings is 1. The maximum Gasteiger partial charge on any atom is 0.222 e. The lowest BCUT2D eigenvalue weighted by Gasteiger charge is -2.27. The van der Waals surface area contributed by atoms with E-state index < -0.39 is 0 Å². The first-order valence-electron chi connectivity index (χ1n) is 6.51. The Labute approximate surface area is 115 Å². The molecule has 0 spiro atoms. The molecule has 1 aliphatic heterocycles. The van der Waals surface area contributed by atoms with Crippen LogP contribution in [0.2, 0.25) is 0 Å². The van der Waals surface area contributed by atoms with Crippen LogP contribution in [0.15, 0.2) is 41.4 Å². The van der Waals surface area contributed by atoms with E-state index in [4.69, 9.17) is 4.42 Å². The molecule has 1 fully saturated rings. The minimum Gasteiger partial charge on any atom is -0.443 e. The van der Waals surface area contributed by atoms with Crippen LogP contribution >= 0.6 is 0 Å². The molecule has 1 aliphatic rings. The van der Waals surface area contributed by atoms with Crippen molar-refractivity contribution in [2.24, 2.45) is 0 Å². The van der Waals surface area contributed by atoms with E-state index >= 15 is 0 Å². The molecule has 0 radical (unpaired) electrons. The van der Waals surface area contributed by atoms with Crippen molar-refractivity contribution in [1.29, 1.82) is 0 Å². The predicted octanol–water partition coefficient (Wildman–Crippen LogP) is 1.67. The van der Waals surface area contributed by atoms with Gasteiger partial charge in [0.1, 0.15) is 5.52 Å². The molecule has 1 saturated heterocycles. The zero-order valence-electron chi connectivity index (χ0n) is 10.7. The fourth-order valence-corrected chi connectivity index (χ4v) is 2.16. The number of nitrogens with one attached hydrogen (secondary N) is 2. The number of aromatic nitrogens is 3. The van der Waals surface area contributed by atoms with Crippen molar-refractivity contribution in [3.8, 4) is 11.1 Å². The fraction of sp³-hybridized carbons (Fsp3) is 0.214. The second-order valence-electron chi connectivity index (χ2n) is 4.83. The lowest BCUT2D eigenvalue weighted by Crippen LogP contribution is -2.51. The smallest absolute Gasteiger partial charge is 0.222 e. The Hall–Kier alpha value is -2.47. The van der Waals surface area contributed by atoms with Gasteiger partial charge in [0, 0.05) is 31.0 Å². The Morgan fingerprint density at radius 1 is 1.10 bits per heavy atom. The Balaban J connectivity index is 1.60. The number of benzene rings is 1. The van der Waals surface area contributed by atoms with E-state index in [2.05, 4.69) is 25.6 Å². The first-order chi connectivity index (χ1) is 9.88. The third-order valence-corrected chi connectivity index (χ3v) is 3.43. The Morgan fingerprint density at radius 2 is 1.95 bits per heavy atom. The summed E-state index contributed by atoms with van der Waals surface area (Å²) in [5.74, 6) is 0.668. The van der Waals surface area contributed by atoms with Crippen molar-refractivity contribution in [3.63, 3.8) is 0 Å². The van der Waals surface area contributed by atoms with Crippen LogP contribution in [-0.4, -0.2) is 34.1 Å². The summed E-state index contributed by atoms with van der Waals surface area (Å²) in [6, 6.07) is 6.31. The van der Waals surface area contributed by atoms with Crippen LogP contribution in [-0.2, 0) is 0 Å². The van der Waals surface area contributed by atoms with Gasteiger partial charge in [-0.15, -0.1) is 0 Å². The first-order valence-corrected chi connectivity index (χ1v) is 6.51. The van der Waals surface area contributed by atoms with Gasteiger partial charge in [0.05, 0.1) is 6.04 Å². The van der Waals surface area contributed by atoms with Gasteiger partial charge in [0.15, 0.2) is 12.0 Å². The minimum absolute atomic E-state index is 0.436. The summed E-state index contributed by atoms with van der Waals surface area (Å²) in [6.45, 7) is 1.93. The van der Waals surface area contributed by atoms with Crippen LogP contribution in [0.1, 0.15) is 0 Å². The highest BCUT2D eigenvalue weighted by Crippen LogP contribution is 2.23. The van der Waals surface area contributed by atoms with Gasteiger partial charge in [-0.2, -0.15) is 0 Å². The molecule has 6 heteroatoms. The molecule has 0 amide bonds. The van der Waals surface area contributed by atoms with Crippen LogP contribution < -0.4 is 10.6 Å². The van der Waals surface area contributed by atoms with Crippen molar-refractivity contribution >= 4 is 17.0 Å².